The number of nitrogens with zero attached hydrogens (tertiary/aromatic N) is 2. The Hall–Kier alpha value is -2.95. The lowest BCUT2D eigenvalue weighted by Gasteiger charge is -2.20. The summed E-state index contributed by atoms with van der Waals surface area (Å²) in [7, 11) is -0.715. The van der Waals surface area contributed by atoms with Crippen LogP contribution in [-0.2, 0) is 16.4 Å². The SMILES string of the molecule is COc1cc(CN(C)c2ccc(S(C)(=O)=O)cc2[N+](=O)[O-])ccc1OC(F)F. The first-order valence-electron chi connectivity index (χ1n) is 7.84. The van der Waals surface area contributed by atoms with E-state index < -0.39 is 21.4 Å². The summed E-state index contributed by atoms with van der Waals surface area (Å²) in [5.74, 6) is -0.0412. The molecule has 152 valence electrons. The van der Waals surface area contributed by atoms with E-state index in [0.717, 1.165) is 12.3 Å². The summed E-state index contributed by atoms with van der Waals surface area (Å²) in [4.78, 5) is 12.1. The van der Waals surface area contributed by atoms with E-state index in [9.17, 15) is 27.3 Å². The molecule has 0 saturated heterocycles. The normalized spacial score (nSPS) is 11.4. The number of ether oxygens (including phenoxy) is 2. The van der Waals surface area contributed by atoms with Crippen LogP contribution in [0.3, 0.4) is 0 Å². The Bertz CT molecular complexity index is 982. The van der Waals surface area contributed by atoms with Crippen LogP contribution in [0.2, 0.25) is 0 Å². The van der Waals surface area contributed by atoms with E-state index in [4.69, 9.17) is 4.74 Å². The number of benzene rings is 2. The molecule has 0 aliphatic heterocycles. The van der Waals surface area contributed by atoms with Crippen molar-refractivity contribution in [2.45, 2.75) is 18.1 Å². The lowest BCUT2D eigenvalue weighted by atomic mass is 10.1. The molecule has 0 saturated carbocycles. The molecule has 0 spiro atoms. The zero-order valence-corrected chi connectivity index (χ0v) is 16.1. The maximum absolute atomic E-state index is 12.4. The number of halogens is 2. The predicted octanol–water partition coefficient (Wildman–Crippen LogP) is 3.24. The maximum Gasteiger partial charge on any atom is 0.387 e. The number of hydrogen-bond donors (Lipinski definition) is 0. The van der Waals surface area contributed by atoms with Gasteiger partial charge >= 0.3 is 6.61 Å². The van der Waals surface area contributed by atoms with Crippen LogP contribution in [-0.4, -0.2) is 40.4 Å². The topological polar surface area (TPSA) is 99.0 Å². The lowest BCUT2D eigenvalue weighted by molar-refractivity contribution is -0.384. The third-order valence-electron chi connectivity index (χ3n) is 3.85. The van der Waals surface area contributed by atoms with Gasteiger partial charge in [0.25, 0.3) is 5.69 Å². The molecule has 2 rings (SSSR count). The third kappa shape index (κ3) is 5.06. The highest BCUT2D eigenvalue weighted by Crippen LogP contribution is 2.33. The van der Waals surface area contributed by atoms with Crippen LogP contribution in [0.25, 0.3) is 0 Å². The predicted molar refractivity (Wildman–Crippen MR) is 97.9 cm³/mol. The van der Waals surface area contributed by atoms with Crippen molar-refractivity contribution in [1.29, 1.82) is 0 Å². The van der Waals surface area contributed by atoms with Gasteiger partial charge < -0.3 is 14.4 Å². The molecule has 0 unspecified atom stereocenters. The second kappa shape index (κ2) is 8.38. The molecular formula is C17H18F2N2O6S. The van der Waals surface area contributed by atoms with Crippen molar-refractivity contribution in [2.24, 2.45) is 0 Å². The summed E-state index contributed by atoms with van der Waals surface area (Å²) < 4.78 is 57.5. The highest BCUT2D eigenvalue weighted by atomic mass is 32.2. The molecule has 0 atom stereocenters. The third-order valence-corrected chi connectivity index (χ3v) is 4.96. The largest absolute Gasteiger partial charge is 0.493 e. The van der Waals surface area contributed by atoms with Gasteiger partial charge in [-0.3, -0.25) is 10.1 Å². The number of anilines is 1. The summed E-state index contributed by atoms with van der Waals surface area (Å²) in [5.41, 5.74) is 0.446. The van der Waals surface area contributed by atoms with E-state index in [1.165, 1.54) is 42.3 Å². The van der Waals surface area contributed by atoms with Gasteiger partial charge in [0.2, 0.25) is 0 Å². The van der Waals surface area contributed by atoms with Crippen molar-refractivity contribution in [3.05, 3.63) is 52.1 Å². The van der Waals surface area contributed by atoms with E-state index in [-0.39, 0.29) is 34.3 Å². The van der Waals surface area contributed by atoms with Crippen molar-refractivity contribution in [2.75, 3.05) is 25.3 Å². The summed E-state index contributed by atoms with van der Waals surface area (Å²) >= 11 is 0. The first-order chi connectivity index (χ1) is 13.0. The summed E-state index contributed by atoms with van der Waals surface area (Å²) in [6.45, 7) is -2.83. The van der Waals surface area contributed by atoms with Crippen LogP contribution < -0.4 is 14.4 Å². The average Bonchev–Trinajstić information content (AvgIpc) is 2.61. The van der Waals surface area contributed by atoms with Gasteiger partial charge in [0, 0.05) is 25.9 Å². The fraction of sp³-hybridized carbons (Fsp3) is 0.294. The molecule has 0 aromatic heterocycles. The van der Waals surface area contributed by atoms with Crippen LogP contribution in [0, 0.1) is 10.1 Å². The molecule has 0 amide bonds. The van der Waals surface area contributed by atoms with E-state index >= 15 is 0 Å². The van der Waals surface area contributed by atoms with Gasteiger partial charge in [-0.15, -0.1) is 0 Å². The molecule has 0 fully saturated rings. The van der Waals surface area contributed by atoms with Crippen molar-refractivity contribution >= 4 is 21.2 Å². The number of sulfone groups is 1. The number of nitro benzene ring substituents is 1. The Morgan fingerprint density at radius 1 is 1.18 bits per heavy atom. The fourth-order valence-corrected chi connectivity index (χ4v) is 3.21. The molecule has 2 aromatic carbocycles. The van der Waals surface area contributed by atoms with E-state index in [1.54, 1.807) is 7.05 Å². The number of nitro groups is 1. The molecular weight excluding hydrogens is 398 g/mol. The minimum absolute atomic E-state index is 0.0909. The Labute approximate surface area is 160 Å². The standard InChI is InChI=1S/C17H18F2N2O6S/c1-20(10-11-4-7-15(27-17(18)19)16(8-11)26-2)13-6-5-12(28(3,24)25)9-14(13)21(22)23/h4-9,17H,10H2,1-3H3. The number of hydrogen-bond acceptors (Lipinski definition) is 7. The zero-order valence-electron chi connectivity index (χ0n) is 15.3. The van der Waals surface area contributed by atoms with Crippen molar-refractivity contribution < 1.29 is 31.6 Å². The van der Waals surface area contributed by atoms with Crippen LogP contribution in [0.4, 0.5) is 20.2 Å². The van der Waals surface area contributed by atoms with E-state index in [0.29, 0.717) is 5.56 Å². The highest BCUT2D eigenvalue weighted by molar-refractivity contribution is 7.90. The molecule has 0 heterocycles. The fourth-order valence-electron chi connectivity index (χ4n) is 2.57. The summed E-state index contributed by atoms with van der Waals surface area (Å²) in [5, 5.41) is 11.4. The first-order valence-corrected chi connectivity index (χ1v) is 9.73. The maximum atomic E-state index is 12.4. The lowest BCUT2D eigenvalue weighted by Crippen LogP contribution is -2.18. The molecule has 28 heavy (non-hydrogen) atoms. The van der Waals surface area contributed by atoms with Crippen molar-refractivity contribution in [3.8, 4) is 11.5 Å². The second-order valence-corrected chi connectivity index (χ2v) is 7.92. The highest BCUT2D eigenvalue weighted by Gasteiger charge is 2.21. The average molecular weight is 416 g/mol. The Morgan fingerprint density at radius 2 is 1.86 bits per heavy atom. The van der Waals surface area contributed by atoms with E-state index in [2.05, 4.69) is 4.74 Å². The molecule has 0 bridgehead atoms. The Balaban J connectivity index is 2.34. The van der Waals surface area contributed by atoms with Gasteiger partial charge in [-0.1, -0.05) is 6.07 Å². The Morgan fingerprint density at radius 3 is 2.39 bits per heavy atom. The summed E-state index contributed by atoms with van der Waals surface area (Å²) in [6, 6.07) is 7.95. The molecule has 0 N–H and O–H groups in total. The van der Waals surface area contributed by atoms with Crippen molar-refractivity contribution in [3.63, 3.8) is 0 Å². The minimum atomic E-state index is -3.60. The van der Waals surface area contributed by atoms with Gasteiger partial charge in [0.1, 0.15) is 5.69 Å². The molecule has 2 aromatic rings. The Kier molecular flexibility index (Phi) is 6.39. The van der Waals surface area contributed by atoms with Crippen LogP contribution in [0.5, 0.6) is 11.5 Å². The molecule has 8 nitrogen and oxygen atoms in total. The van der Waals surface area contributed by atoms with Crippen LogP contribution in [0.1, 0.15) is 5.56 Å². The molecule has 0 radical (unpaired) electrons. The number of methoxy groups -OCH3 is 1. The first kappa shape index (κ1) is 21.4. The molecule has 0 aliphatic rings. The zero-order chi connectivity index (χ0) is 21.1. The van der Waals surface area contributed by atoms with Gasteiger partial charge in [-0.2, -0.15) is 8.78 Å². The van der Waals surface area contributed by atoms with E-state index in [1.807, 2.05) is 0 Å². The quantitative estimate of drug-likeness (QED) is 0.481. The van der Waals surface area contributed by atoms with Gasteiger partial charge in [-0.05, 0) is 29.8 Å². The second-order valence-electron chi connectivity index (χ2n) is 5.90. The van der Waals surface area contributed by atoms with Crippen molar-refractivity contribution in [1.82, 2.24) is 0 Å². The van der Waals surface area contributed by atoms with Gasteiger partial charge in [-0.25, -0.2) is 8.42 Å². The van der Waals surface area contributed by atoms with Gasteiger partial charge in [0.05, 0.1) is 16.9 Å². The van der Waals surface area contributed by atoms with Crippen LogP contribution in [0.15, 0.2) is 41.3 Å². The number of alkyl halides is 2. The summed E-state index contributed by atoms with van der Waals surface area (Å²) in [6.07, 6.45) is 0.963. The molecule has 0 aliphatic carbocycles. The minimum Gasteiger partial charge on any atom is -0.493 e. The number of rotatable bonds is 8. The van der Waals surface area contributed by atoms with Gasteiger partial charge in [0.15, 0.2) is 21.3 Å². The molecule has 11 heteroatoms. The smallest absolute Gasteiger partial charge is 0.387 e. The van der Waals surface area contributed by atoms with Crippen LogP contribution >= 0.6 is 0 Å². The monoisotopic (exact) mass is 416 g/mol.